The lowest BCUT2D eigenvalue weighted by Gasteiger charge is -2.17. The predicted octanol–water partition coefficient (Wildman–Crippen LogP) is 0.206. The third kappa shape index (κ3) is 5.58. The van der Waals surface area contributed by atoms with Crippen LogP contribution < -0.4 is 16.0 Å². The molecule has 7 heteroatoms. The molecule has 0 aromatic carbocycles. The van der Waals surface area contributed by atoms with Crippen LogP contribution in [0.15, 0.2) is 0 Å². The average Bonchev–Trinajstić information content (AvgIpc) is 3.11. The molecule has 19 heavy (non-hydrogen) atoms. The Hall–Kier alpha value is -1.79. The molecular formula is C12H21N3O4. The third-order valence-electron chi connectivity index (χ3n) is 2.85. The summed E-state index contributed by atoms with van der Waals surface area (Å²) in [5, 5.41) is 16.4. The summed E-state index contributed by atoms with van der Waals surface area (Å²) < 4.78 is 0. The first-order valence-electron chi connectivity index (χ1n) is 6.54. The van der Waals surface area contributed by atoms with Gasteiger partial charge in [-0.05, 0) is 26.2 Å². The van der Waals surface area contributed by atoms with E-state index in [2.05, 4.69) is 16.0 Å². The van der Waals surface area contributed by atoms with Crippen LogP contribution in [0.3, 0.4) is 0 Å². The maximum Gasteiger partial charge on any atom is 0.326 e. The topological polar surface area (TPSA) is 108 Å². The molecule has 0 spiro atoms. The Morgan fingerprint density at radius 2 is 1.89 bits per heavy atom. The van der Waals surface area contributed by atoms with Gasteiger partial charge in [-0.15, -0.1) is 0 Å². The van der Waals surface area contributed by atoms with Crippen LogP contribution in [0.5, 0.6) is 0 Å². The second kappa shape index (κ2) is 6.96. The molecule has 2 unspecified atom stereocenters. The molecule has 2 atom stereocenters. The van der Waals surface area contributed by atoms with Crippen LogP contribution in [0.25, 0.3) is 0 Å². The van der Waals surface area contributed by atoms with E-state index in [1.54, 1.807) is 6.92 Å². The van der Waals surface area contributed by atoms with Crippen molar-refractivity contribution in [3.8, 4) is 0 Å². The lowest BCUT2D eigenvalue weighted by molar-refractivity contribution is -0.139. The van der Waals surface area contributed by atoms with Gasteiger partial charge in [-0.2, -0.15) is 0 Å². The van der Waals surface area contributed by atoms with Gasteiger partial charge in [0.1, 0.15) is 12.1 Å². The van der Waals surface area contributed by atoms with Crippen molar-refractivity contribution >= 4 is 17.9 Å². The Morgan fingerprint density at radius 1 is 1.26 bits per heavy atom. The van der Waals surface area contributed by atoms with Crippen molar-refractivity contribution in [2.24, 2.45) is 0 Å². The molecule has 7 nitrogen and oxygen atoms in total. The number of carbonyl (C=O) groups excluding carboxylic acids is 2. The van der Waals surface area contributed by atoms with E-state index in [-0.39, 0.29) is 11.9 Å². The molecule has 4 N–H and O–H groups in total. The Balaban J connectivity index is 2.35. The van der Waals surface area contributed by atoms with Crippen molar-refractivity contribution in [2.45, 2.75) is 57.7 Å². The molecule has 108 valence electrons. The number of aliphatic carboxylic acids is 1. The average molecular weight is 271 g/mol. The number of carboxylic acid groups (broad SMARTS) is 1. The fourth-order valence-corrected chi connectivity index (χ4v) is 1.56. The van der Waals surface area contributed by atoms with Crippen LogP contribution in [-0.4, -0.2) is 41.1 Å². The van der Waals surface area contributed by atoms with Gasteiger partial charge in [-0.3, -0.25) is 4.79 Å². The molecule has 0 radical (unpaired) electrons. The lowest BCUT2D eigenvalue weighted by atomic mass is 10.2. The summed E-state index contributed by atoms with van der Waals surface area (Å²) in [6.45, 7) is 3.40. The minimum absolute atomic E-state index is 0.228. The lowest BCUT2D eigenvalue weighted by Crippen LogP contribution is -2.52. The zero-order valence-corrected chi connectivity index (χ0v) is 11.2. The Kier molecular flexibility index (Phi) is 5.59. The van der Waals surface area contributed by atoms with Crippen molar-refractivity contribution in [1.29, 1.82) is 0 Å². The maximum atomic E-state index is 11.6. The molecule has 3 amide bonds. The number of rotatable bonds is 7. The summed E-state index contributed by atoms with van der Waals surface area (Å²) in [6, 6.07) is -2.02. The van der Waals surface area contributed by atoms with Gasteiger partial charge in [-0.1, -0.05) is 13.3 Å². The normalized spacial score (nSPS) is 17.2. The van der Waals surface area contributed by atoms with Gasteiger partial charge in [0, 0.05) is 6.04 Å². The number of carbonyl (C=O) groups is 3. The van der Waals surface area contributed by atoms with Crippen LogP contribution in [0.1, 0.15) is 39.5 Å². The largest absolute Gasteiger partial charge is 0.480 e. The first-order valence-corrected chi connectivity index (χ1v) is 6.54. The molecule has 0 heterocycles. The molecular weight excluding hydrogens is 250 g/mol. The Morgan fingerprint density at radius 3 is 2.37 bits per heavy atom. The highest BCUT2D eigenvalue weighted by Crippen LogP contribution is 2.18. The highest BCUT2D eigenvalue weighted by atomic mass is 16.4. The highest BCUT2D eigenvalue weighted by molar-refractivity contribution is 5.88. The van der Waals surface area contributed by atoms with Crippen molar-refractivity contribution in [2.75, 3.05) is 0 Å². The number of urea groups is 1. The van der Waals surface area contributed by atoms with Crippen LogP contribution >= 0.6 is 0 Å². The number of carboxylic acids is 1. The predicted molar refractivity (Wildman–Crippen MR) is 68.6 cm³/mol. The van der Waals surface area contributed by atoms with Crippen molar-refractivity contribution in [3.05, 3.63) is 0 Å². The van der Waals surface area contributed by atoms with Crippen LogP contribution in [-0.2, 0) is 9.59 Å². The molecule has 0 aromatic heterocycles. The van der Waals surface area contributed by atoms with Gasteiger partial charge in [0.05, 0.1) is 0 Å². The quantitative estimate of drug-likeness (QED) is 0.530. The van der Waals surface area contributed by atoms with E-state index in [4.69, 9.17) is 5.11 Å². The summed E-state index contributed by atoms with van der Waals surface area (Å²) in [7, 11) is 0. The van der Waals surface area contributed by atoms with E-state index < -0.39 is 24.1 Å². The monoisotopic (exact) mass is 271 g/mol. The highest BCUT2D eigenvalue weighted by Gasteiger charge is 2.27. The van der Waals surface area contributed by atoms with Crippen LogP contribution in [0.4, 0.5) is 4.79 Å². The number of amides is 3. The van der Waals surface area contributed by atoms with E-state index in [0.29, 0.717) is 12.8 Å². The minimum Gasteiger partial charge on any atom is -0.480 e. The molecule has 0 bridgehead atoms. The molecule has 0 aromatic rings. The fraction of sp³-hybridized carbons (Fsp3) is 0.750. The van der Waals surface area contributed by atoms with Gasteiger partial charge >= 0.3 is 12.0 Å². The van der Waals surface area contributed by atoms with E-state index in [9.17, 15) is 14.4 Å². The van der Waals surface area contributed by atoms with Crippen LogP contribution in [0, 0.1) is 0 Å². The number of hydrogen-bond donors (Lipinski definition) is 4. The molecule has 0 aliphatic heterocycles. The standard InChI is InChI=1S/C12H21N3O4/c1-3-4-9(11(17)18)15-12(19)13-7(2)10(16)14-8-5-6-8/h7-9H,3-6H2,1-2H3,(H,14,16)(H,17,18)(H2,13,15,19). The molecule has 1 rings (SSSR count). The molecule has 1 aliphatic rings. The Bertz CT molecular complexity index is 355. The first-order chi connectivity index (χ1) is 8.93. The zero-order chi connectivity index (χ0) is 14.4. The first kappa shape index (κ1) is 15.3. The molecule has 1 saturated carbocycles. The second-order valence-electron chi connectivity index (χ2n) is 4.80. The Labute approximate surface area is 112 Å². The summed E-state index contributed by atoms with van der Waals surface area (Å²) >= 11 is 0. The number of hydrogen-bond acceptors (Lipinski definition) is 3. The summed E-state index contributed by atoms with van der Waals surface area (Å²) in [4.78, 5) is 34.1. The summed E-state index contributed by atoms with van der Waals surface area (Å²) in [6.07, 6.45) is 2.95. The van der Waals surface area contributed by atoms with Gasteiger partial charge < -0.3 is 21.1 Å². The molecule has 1 fully saturated rings. The number of nitrogens with one attached hydrogen (secondary N) is 3. The van der Waals surface area contributed by atoms with Gasteiger partial charge in [-0.25, -0.2) is 9.59 Å². The summed E-state index contributed by atoms with van der Waals surface area (Å²) in [5.41, 5.74) is 0. The SMILES string of the molecule is CCCC(NC(=O)NC(C)C(=O)NC1CC1)C(=O)O. The van der Waals surface area contributed by atoms with E-state index >= 15 is 0 Å². The van der Waals surface area contributed by atoms with Gasteiger partial charge in [0.15, 0.2) is 0 Å². The van der Waals surface area contributed by atoms with Crippen molar-refractivity contribution in [1.82, 2.24) is 16.0 Å². The zero-order valence-electron chi connectivity index (χ0n) is 11.2. The van der Waals surface area contributed by atoms with Crippen molar-refractivity contribution < 1.29 is 19.5 Å². The minimum atomic E-state index is -1.08. The smallest absolute Gasteiger partial charge is 0.326 e. The van der Waals surface area contributed by atoms with Gasteiger partial charge in [0.25, 0.3) is 0 Å². The fourth-order valence-electron chi connectivity index (χ4n) is 1.56. The van der Waals surface area contributed by atoms with Gasteiger partial charge in [0.2, 0.25) is 5.91 Å². The maximum absolute atomic E-state index is 11.6. The van der Waals surface area contributed by atoms with E-state index in [1.807, 2.05) is 6.92 Å². The summed E-state index contributed by atoms with van der Waals surface area (Å²) in [5.74, 6) is -1.33. The third-order valence-corrected chi connectivity index (χ3v) is 2.85. The van der Waals surface area contributed by atoms with E-state index in [0.717, 1.165) is 12.8 Å². The van der Waals surface area contributed by atoms with Crippen molar-refractivity contribution in [3.63, 3.8) is 0 Å². The molecule has 1 aliphatic carbocycles. The second-order valence-corrected chi connectivity index (χ2v) is 4.80. The molecule has 0 saturated heterocycles. The van der Waals surface area contributed by atoms with E-state index in [1.165, 1.54) is 0 Å². The van der Waals surface area contributed by atoms with Crippen LogP contribution in [0.2, 0.25) is 0 Å².